The maximum atomic E-state index is 11.6. The van der Waals surface area contributed by atoms with E-state index in [0.717, 1.165) is 3.57 Å². The number of hydrogen-bond donors (Lipinski definition) is 0. The van der Waals surface area contributed by atoms with E-state index in [4.69, 9.17) is 14.2 Å². The molecule has 92 valence electrons. The molecule has 0 aromatic heterocycles. The van der Waals surface area contributed by atoms with E-state index in [1.807, 2.05) is 0 Å². The normalized spacial score (nSPS) is 9.59. The first-order valence-electron chi connectivity index (χ1n) is 4.83. The maximum absolute atomic E-state index is 11.6. The summed E-state index contributed by atoms with van der Waals surface area (Å²) in [6.45, 7) is 3.85. The van der Waals surface area contributed by atoms with E-state index in [2.05, 4.69) is 29.2 Å². The summed E-state index contributed by atoms with van der Waals surface area (Å²) in [6, 6.07) is 3.47. The summed E-state index contributed by atoms with van der Waals surface area (Å²) in [6.07, 6.45) is 1.60. The van der Waals surface area contributed by atoms with Crippen LogP contribution in [0.5, 0.6) is 11.5 Å². The van der Waals surface area contributed by atoms with Crippen molar-refractivity contribution in [3.8, 4) is 11.5 Å². The van der Waals surface area contributed by atoms with Gasteiger partial charge in [-0.2, -0.15) is 0 Å². The van der Waals surface area contributed by atoms with Gasteiger partial charge in [0.05, 0.1) is 14.2 Å². The van der Waals surface area contributed by atoms with Crippen molar-refractivity contribution in [3.05, 3.63) is 33.9 Å². The van der Waals surface area contributed by atoms with Crippen molar-refractivity contribution in [2.45, 2.75) is 0 Å². The molecule has 0 saturated carbocycles. The largest absolute Gasteiger partial charge is 0.493 e. The van der Waals surface area contributed by atoms with Gasteiger partial charge < -0.3 is 14.2 Å². The lowest BCUT2D eigenvalue weighted by atomic mass is 10.2. The minimum absolute atomic E-state index is 0.293. The molecule has 0 radical (unpaired) electrons. The zero-order valence-corrected chi connectivity index (χ0v) is 11.8. The van der Waals surface area contributed by atoms with Crippen molar-refractivity contribution < 1.29 is 19.0 Å². The minimum atomic E-state index is -0.458. The Hall–Kier alpha value is -1.24. The molecule has 0 aliphatic rings. The highest BCUT2D eigenvalue weighted by atomic mass is 127. The smallest absolute Gasteiger partial charge is 0.341 e. The maximum Gasteiger partial charge on any atom is 0.341 e. The van der Waals surface area contributed by atoms with E-state index < -0.39 is 5.97 Å². The highest BCUT2D eigenvalue weighted by Crippen LogP contribution is 2.33. The van der Waals surface area contributed by atoms with E-state index >= 15 is 0 Å². The number of halogens is 1. The molecule has 0 fully saturated rings. The fraction of sp³-hybridized carbons (Fsp3) is 0.250. The van der Waals surface area contributed by atoms with Crippen LogP contribution in [-0.2, 0) is 4.74 Å². The first kappa shape index (κ1) is 13.8. The number of carbonyl (C=O) groups is 1. The zero-order chi connectivity index (χ0) is 12.8. The van der Waals surface area contributed by atoms with Crippen LogP contribution in [0.15, 0.2) is 24.8 Å². The predicted molar refractivity (Wildman–Crippen MR) is 72.7 cm³/mol. The Labute approximate surface area is 114 Å². The molecule has 5 heteroatoms. The van der Waals surface area contributed by atoms with Crippen molar-refractivity contribution in [3.63, 3.8) is 0 Å². The van der Waals surface area contributed by atoms with Crippen LogP contribution in [-0.4, -0.2) is 26.8 Å². The van der Waals surface area contributed by atoms with Crippen LogP contribution >= 0.6 is 22.6 Å². The van der Waals surface area contributed by atoms with Gasteiger partial charge in [0.25, 0.3) is 0 Å². The number of carbonyl (C=O) groups excluding carboxylic acids is 1. The van der Waals surface area contributed by atoms with Gasteiger partial charge >= 0.3 is 5.97 Å². The second kappa shape index (κ2) is 6.48. The lowest BCUT2D eigenvalue weighted by Gasteiger charge is -2.13. The van der Waals surface area contributed by atoms with Crippen LogP contribution in [0.3, 0.4) is 0 Å². The number of esters is 1. The quantitative estimate of drug-likeness (QED) is 0.466. The molecular weight excluding hydrogens is 335 g/mol. The number of methoxy groups -OCH3 is 2. The third kappa shape index (κ3) is 3.36. The van der Waals surface area contributed by atoms with Gasteiger partial charge in [-0.05, 0) is 34.7 Å². The Morgan fingerprint density at radius 2 is 2.18 bits per heavy atom. The van der Waals surface area contributed by atoms with Gasteiger partial charge in [-0.25, -0.2) is 4.79 Å². The molecule has 0 aliphatic carbocycles. The second-order valence-corrected chi connectivity index (χ2v) is 4.32. The van der Waals surface area contributed by atoms with Crippen LogP contribution in [0, 0.1) is 3.57 Å². The van der Waals surface area contributed by atoms with Crippen LogP contribution in [0.1, 0.15) is 10.4 Å². The molecule has 0 saturated heterocycles. The lowest BCUT2D eigenvalue weighted by Crippen LogP contribution is -2.08. The van der Waals surface area contributed by atoms with E-state index in [1.54, 1.807) is 18.2 Å². The molecule has 0 heterocycles. The topological polar surface area (TPSA) is 44.8 Å². The minimum Gasteiger partial charge on any atom is -0.493 e. The average molecular weight is 348 g/mol. The van der Waals surface area contributed by atoms with Crippen LogP contribution in [0.2, 0.25) is 0 Å². The van der Waals surface area contributed by atoms with Gasteiger partial charge in [-0.1, -0.05) is 12.7 Å². The first-order chi connectivity index (χ1) is 8.13. The third-order valence-corrected chi connectivity index (χ3v) is 2.61. The molecule has 0 spiro atoms. The lowest BCUT2D eigenvalue weighted by molar-refractivity contribution is 0.0595. The van der Waals surface area contributed by atoms with Gasteiger partial charge in [0.2, 0.25) is 0 Å². The molecule has 4 nitrogen and oxygen atoms in total. The fourth-order valence-electron chi connectivity index (χ4n) is 1.27. The zero-order valence-electron chi connectivity index (χ0n) is 9.66. The van der Waals surface area contributed by atoms with Crippen molar-refractivity contribution >= 4 is 28.6 Å². The molecule has 0 aliphatic heterocycles. The Bertz CT molecular complexity index is 429. The highest BCUT2D eigenvalue weighted by molar-refractivity contribution is 14.1. The second-order valence-electron chi connectivity index (χ2n) is 3.08. The van der Waals surface area contributed by atoms with Gasteiger partial charge in [0.15, 0.2) is 11.5 Å². The molecule has 0 atom stereocenters. The molecule has 0 bridgehead atoms. The fourth-order valence-corrected chi connectivity index (χ4v) is 1.87. The molecule has 1 aromatic rings. The summed E-state index contributed by atoms with van der Waals surface area (Å²) in [5.41, 5.74) is 0.345. The Kier molecular flexibility index (Phi) is 5.27. The summed E-state index contributed by atoms with van der Waals surface area (Å²) in [4.78, 5) is 11.6. The average Bonchev–Trinajstić information content (AvgIpc) is 2.35. The summed E-state index contributed by atoms with van der Waals surface area (Å²) in [5.74, 6) is 0.416. The summed E-state index contributed by atoms with van der Waals surface area (Å²) >= 11 is 2.09. The van der Waals surface area contributed by atoms with E-state index in [1.165, 1.54) is 14.2 Å². The van der Waals surface area contributed by atoms with Crippen molar-refractivity contribution in [1.29, 1.82) is 0 Å². The van der Waals surface area contributed by atoms with Gasteiger partial charge in [-0.15, -0.1) is 0 Å². The van der Waals surface area contributed by atoms with Crippen molar-refractivity contribution in [1.82, 2.24) is 0 Å². The van der Waals surface area contributed by atoms with Gasteiger partial charge in [-0.3, -0.25) is 0 Å². The van der Waals surface area contributed by atoms with Crippen molar-refractivity contribution in [2.24, 2.45) is 0 Å². The predicted octanol–water partition coefficient (Wildman–Crippen LogP) is 2.65. The molecule has 0 amide bonds. The third-order valence-electron chi connectivity index (χ3n) is 1.99. The SMILES string of the molecule is C=CCOc1c(OC)cc(I)cc1C(=O)OC. The molecule has 0 unspecified atom stereocenters. The van der Waals surface area contributed by atoms with Crippen molar-refractivity contribution in [2.75, 3.05) is 20.8 Å². The molecule has 1 rings (SSSR count). The summed E-state index contributed by atoms with van der Waals surface area (Å²) in [5, 5.41) is 0. The van der Waals surface area contributed by atoms with Crippen LogP contribution in [0.25, 0.3) is 0 Å². The molecule has 17 heavy (non-hydrogen) atoms. The van der Waals surface area contributed by atoms with Gasteiger partial charge in [0.1, 0.15) is 12.2 Å². The summed E-state index contributed by atoms with van der Waals surface area (Å²) in [7, 11) is 2.85. The number of rotatable bonds is 5. The summed E-state index contributed by atoms with van der Waals surface area (Å²) < 4.78 is 16.2. The first-order valence-corrected chi connectivity index (χ1v) is 5.91. The Balaban J connectivity index is 3.27. The van der Waals surface area contributed by atoms with Crippen LogP contribution in [0.4, 0.5) is 0 Å². The molecule has 0 N–H and O–H groups in total. The standard InChI is InChI=1S/C12H13IO4/c1-4-5-17-11-9(12(14)16-3)6-8(13)7-10(11)15-2/h4,6-7H,1,5H2,2-3H3. The van der Waals surface area contributed by atoms with Crippen LogP contribution < -0.4 is 9.47 Å². The van der Waals surface area contributed by atoms with E-state index in [9.17, 15) is 4.79 Å². The molecular formula is C12H13IO4. The van der Waals surface area contributed by atoms with E-state index in [0.29, 0.717) is 23.7 Å². The number of hydrogen-bond acceptors (Lipinski definition) is 4. The number of benzene rings is 1. The molecule has 1 aromatic carbocycles. The highest BCUT2D eigenvalue weighted by Gasteiger charge is 2.18. The Morgan fingerprint density at radius 3 is 2.71 bits per heavy atom. The Morgan fingerprint density at radius 1 is 1.47 bits per heavy atom. The van der Waals surface area contributed by atoms with Gasteiger partial charge in [0, 0.05) is 3.57 Å². The van der Waals surface area contributed by atoms with E-state index in [-0.39, 0.29) is 0 Å². The number of ether oxygens (including phenoxy) is 3. The monoisotopic (exact) mass is 348 g/mol.